The van der Waals surface area contributed by atoms with Crippen LogP contribution in [-0.4, -0.2) is 17.9 Å². The first-order valence-electron chi connectivity index (χ1n) is 3.63. The van der Waals surface area contributed by atoms with E-state index in [4.69, 9.17) is 5.11 Å². The molecule has 11 heavy (non-hydrogen) atoms. The Morgan fingerprint density at radius 2 is 1.73 bits per heavy atom. The summed E-state index contributed by atoms with van der Waals surface area (Å²) in [5.74, 6) is 0. The molecular formula is C8H10N2O. The summed E-state index contributed by atoms with van der Waals surface area (Å²) in [5.41, 5.74) is 2.12. The molecule has 3 heteroatoms. The van der Waals surface area contributed by atoms with Crippen molar-refractivity contribution in [2.75, 3.05) is 17.2 Å². The van der Waals surface area contributed by atoms with E-state index in [1.807, 2.05) is 24.3 Å². The van der Waals surface area contributed by atoms with Crippen molar-refractivity contribution in [1.29, 1.82) is 0 Å². The molecule has 0 bridgehead atoms. The molecule has 0 aliphatic carbocycles. The van der Waals surface area contributed by atoms with Gasteiger partial charge in [0.05, 0.1) is 18.0 Å². The van der Waals surface area contributed by atoms with Crippen LogP contribution in [0.3, 0.4) is 0 Å². The lowest BCUT2D eigenvalue weighted by Crippen LogP contribution is -2.25. The van der Waals surface area contributed by atoms with E-state index < -0.39 is 0 Å². The van der Waals surface area contributed by atoms with Crippen LogP contribution in [0.1, 0.15) is 0 Å². The highest BCUT2D eigenvalue weighted by atomic mass is 16.3. The Morgan fingerprint density at radius 3 is 2.18 bits per heavy atom. The maximum absolute atomic E-state index is 8.81. The molecule has 0 saturated carbocycles. The van der Waals surface area contributed by atoms with E-state index in [2.05, 4.69) is 10.6 Å². The molecule has 0 fully saturated rings. The Bertz CT molecular complexity index is 237. The number of aliphatic hydroxyl groups excluding tert-OH is 1. The molecule has 2 rings (SSSR count). The first-order valence-corrected chi connectivity index (χ1v) is 3.63. The normalized spacial score (nSPS) is 15.4. The standard InChI is InChI=1S/C8H10N2O/c11-5-8-9-6-3-1-2-4-7(6)10-8/h1-4,8-11H,5H2. The van der Waals surface area contributed by atoms with Crippen molar-refractivity contribution in [3.63, 3.8) is 0 Å². The molecule has 1 aliphatic rings. The first-order chi connectivity index (χ1) is 5.40. The van der Waals surface area contributed by atoms with Crippen LogP contribution in [0.5, 0.6) is 0 Å². The Morgan fingerprint density at radius 1 is 1.18 bits per heavy atom. The fourth-order valence-corrected chi connectivity index (χ4v) is 1.24. The highest BCUT2D eigenvalue weighted by molar-refractivity contribution is 5.74. The SMILES string of the molecule is OCC1Nc2ccccc2N1. The van der Waals surface area contributed by atoms with Gasteiger partial charge in [-0.05, 0) is 12.1 Å². The maximum Gasteiger partial charge on any atom is 0.120 e. The molecule has 0 unspecified atom stereocenters. The van der Waals surface area contributed by atoms with Crippen molar-refractivity contribution in [3.8, 4) is 0 Å². The van der Waals surface area contributed by atoms with E-state index in [9.17, 15) is 0 Å². The molecular weight excluding hydrogens is 140 g/mol. The second-order valence-electron chi connectivity index (χ2n) is 2.57. The predicted octanol–water partition coefficient (Wildman–Crippen LogP) is 0.842. The number of hydrogen-bond acceptors (Lipinski definition) is 3. The molecule has 58 valence electrons. The summed E-state index contributed by atoms with van der Waals surface area (Å²) in [7, 11) is 0. The molecule has 1 aromatic carbocycles. The number of hydrogen-bond donors (Lipinski definition) is 3. The number of aliphatic hydroxyl groups is 1. The van der Waals surface area contributed by atoms with E-state index in [-0.39, 0.29) is 12.8 Å². The van der Waals surface area contributed by atoms with Gasteiger partial charge in [0.1, 0.15) is 6.17 Å². The molecule has 0 spiro atoms. The molecule has 0 radical (unpaired) electrons. The minimum atomic E-state index is -0.0209. The van der Waals surface area contributed by atoms with Gasteiger partial charge >= 0.3 is 0 Å². The Kier molecular flexibility index (Phi) is 1.43. The van der Waals surface area contributed by atoms with Gasteiger partial charge in [-0.25, -0.2) is 0 Å². The van der Waals surface area contributed by atoms with Crippen LogP contribution in [0.25, 0.3) is 0 Å². The second-order valence-corrected chi connectivity index (χ2v) is 2.57. The maximum atomic E-state index is 8.81. The van der Waals surface area contributed by atoms with Crippen molar-refractivity contribution in [3.05, 3.63) is 24.3 Å². The molecule has 0 aromatic heterocycles. The van der Waals surface area contributed by atoms with E-state index >= 15 is 0 Å². The average molecular weight is 150 g/mol. The zero-order valence-corrected chi connectivity index (χ0v) is 6.04. The fraction of sp³-hybridized carbons (Fsp3) is 0.250. The minimum absolute atomic E-state index is 0.0209. The molecule has 0 atom stereocenters. The van der Waals surface area contributed by atoms with Gasteiger partial charge in [0, 0.05) is 0 Å². The lowest BCUT2D eigenvalue weighted by molar-refractivity contribution is 0.286. The summed E-state index contributed by atoms with van der Waals surface area (Å²) in [6, 6.07) is 7.90. The fourth-order valence-electron chi connectivity index (χ4n) is 1.24. The van der Waals surface area contributed by atoms with Gasteiger partial charge in [0.15, 0.2) is 0 Å². The van der Waals surface area contributed by atoms with Crippen LogP contribution in [0.2, 0.25) is 0 Å². The summed E-state index contributed by atoms with van der Waals surface area (Å²) in [4.78, 5) is 0. The summed E-state index contributed by atoms with van der Waals surface area (Å²) < 4.78 is 0. The highest BCUT2D eigenvalue weighted by Gasteiger charge is 2.16. The number of rotatable bonds is 1. The number of anilines is 2. The monoisotopic (exact) mass is 150 g/mol. The van der Waals surface area contributed by atoms with Crippen molar-refractivity contribution in [1.82, 2.24) is 0 Å². The zero-order chi connectivity index (χ0) is 7.68. The number of fused-ring (bicyclic) bond motifs is 1. The Balaban J connectivity index is 2.27. The summed E-state index contributed by atoms with van der Waals surface area (Å²) in [6.07, 6.45) is -0.0209. The van der Waals surface area contributed by atoms with Crippen LogP contribution in [0.4, 0.5) is 11.4 Å². The van der Waals surface area contributed by atoms with Crippen LogP contribution < -0.4 is 10.6 Å². The zero-order valence-electron chi connectivity index (χ0n) is 6.04. The average Bonchev–Trinajstić information content (AvgIpc) is 2.46. The largest absolute Gasteiger partial charge is 0.392 e. The summed E-state index contributed by atoms with van der Waals surface area (Å²) in [6.45, 7) is 0.106. The molecule has 0 saturated heterocycles. The topological polar surface area (TPSA) is 44.3 Å². The smallest absolute Gasteiger partial charge is 0.120 e. The molecule has 1 heterocycles. The van der Waals surface area contributed by atoms with Gasteiger partial charge in [-0.2, -0.15) is 0 Å². The lowest BCUT2D eigenvalue weighted by atomic mass is 10.3. The van der Waals surface area contributed by atoms with Gasteiger partial charge in [-0.15, -0.1) is 0 Å². The van der Waals surface area contributed by atoms with E-state index in [1.165, 1.54) is 0 Å². The van der Waals surface area contributed by atoms with Crippen molar-refractivity contribution in [2.24, 2.45) is 0 Å². The summed E-state index contributed by atoms with van der Waals surface area (Å²) in [5, 5.41) is 15.1. The third-order valence-electron chi connectivity index (χ3n) is 1.77. The van der Waals surface area contributed by atoms with Gasteiger partial charge in [-0.1, -0.05) is 12.1 Å². The molecule has 1 aromatic rings. The van der Waals surface area contributed by atoms with Gasteiger partial charge < -0.3 is 15.7 Å². The third kappa shape index (κ3) is 1.03. The third-order valence-corrected chi connectivity index (χ3v) is 1.77. The summed E-state index contributed by atoms with van der Waals surface area (Å²) >= 11 is 0. The first kappa shape index (κ1) is 6.49. The molecule has 3 nitrogen and oxygen atoms in total. The van der Waals surface area contributed by atoms with Crippen molar-refractivity contribution < 1.29 is 5.11 Å². The molecule has 1 aliphatic heterocycles. The van der Waals surface area contributed by atoms with Crippen LogP contribution in [-0.2, 0) is 0 Å². The van der Waals surface area contributed by atoms with Gasteiger partial charge in [0.25, 0.3) is 0 Å². The Hall–Kier alpha value is -1.22. The quantitative estimate of drug-likeness (QED) is 0.556. The molecule has 3 N–H and O–H groups in total. The van der Waals surface area contributed by atoms with Gasteiger partial charge in [-0.3, -0.25) is 0 Å². The van der Waals surface area contributed by atoms with Crippen LogP contribution in [0, 0.1) is 0 Å². The van der Waals surface area contributed by atoms with Crippen LogP contribution in [0.15, 0.2) is 24.3 Å². The van der Waals surface area contributed by atoms with E-state index in [1.54, 1.807) is 0 Å². The van der Waals surface area contributed by atoms with Crippen molar-refractivity contribution in [2.45, 2.75) is 6.17 Å². The van der Waals surface area contributed by atoms with Crippen molar-refractivity contribution >= 4 is 11.4 Å². The molecule has 0 amide bonds. The predicted molar refractivity (Wildman–Crippen MR) is 44.6 cm³/mol. The number of benzene rings is 1. The van der Waals surface area contributed by atoms with Gasteiger partial charge in [0.2, 0.25) is 0 Å². The number of para-hydroxylation sites is 2. The second kappa shape index (κ2) is 2.43. The minimum Gasteiger partial charge on any atom is -0.392 e. The highest BCUT2D eigenvalue weighted by Crippen LogP contribution is 2.27. The van der Waals surface area contributed by atoms with E-state index in [0.717, 1.165) is 11.4 Å². The van der Waals surface area contributed by atoms with Crippen LogP contribution >= 0.6 is 0 Å². The Labute approximate surface area is 65.0 Å². The lowest BCUT2D eigenvalue weighted by Gasteiger charge is -2.06. The van der Waals surface area contributed by atoms with E-state index in [0.29, 0.717) is 0 Å². The number of nitrogens with one attached hydrogen (secondary N) is 2.